The van der Waals surface area contributed by atoms with Crippen LogP contribution in [0, 0.1) is 27.7 Å². The Balaban J connectivity index is 1.83. The van der Waals surface area contributed by atoms with Gasteiger partial charge in [-0.3, -0.25) is 0 Å². The molecule has 186 valence electrons. The van der Waals surface area contributed by atoms with Gasteiger partial charge in [-0.05, 0) is 88.4 Å². The summed E-state index contributed by atoms with van der Waals surface area (Å²) in [5, 5.41) is 2.06. The van der Waals surface area contributed by atoms with Crippen molar-refractivity contribution in [2.45, 2.75) is 27.7 Å². The van der Waals surface area contributed by atoms with Gasteiger partial charge in [0.15, 0.2) is 11.5 Å². The van der Waals surface area contributed by atoms with E-state index in [2.05, 4.69) is 0 Å². The fraction of sp³-hybridized carbons (Fsp3) is 0.214. The molecular weight excluding hydrogens is 494 g/mol. The molecular formula is C28H28O6P2. The Kier molecular flexibility index (Phi) is 6.83. The van der Waals surface area contributed by atoms with Gasteiger partial charge in [-0.15, -0.1) is 0 Å². The zero-order chi connectivity index (χ0) is 25.4. The molecule has 0 unspecified atom stereocenters. The van der Waals surface area contributed by atoms with Gasteiger partial charge in [0, 0.05) is 10.6 Å². The molecule has 4 aromatic heterocycles. The Morgan fingerprint density at radius 3 is 0.944 bits per heavy atom. The number of hydrogen-bond acceptors (Lipinski definition) is 6. The van der Waals surface area contributed by atoms with Crippen molar-refractivity contribution in [1.29, 1.82) is 0 Å². The van der Waals surface area contributed by atoms with Crippen molar-refractivity contribution in [3.8, 4) is 11.5 Å². The van der Waals surface area contributed by atoms with Gasteiger partial charge in [-0.25, -0.2) is 0 Å². The summed E-state index contributed by atoms with van der Waals surface area (Å²) in [6.45, 7) is 7.79. The van der Waals surface area contributed by atoms with E-state index in [0.29, 0.717) is 11.5 Å². The van der Waals surface area contributed by atoms with Crippen molar-refractivity contribution >= 4 is 48.5 Å². The number of hydrogen-bond donors (Lipinski definition) is 0. The molecule has 36 heavy (non-hydrogen) atoms. The van der Waals surface area contributed by atoms with Gasteiger partial charge in [0.25, 0.3) is 0 Å². The first-order valence-corrected chi connectivity index (χ1v) is 14.2. The summed E-state index contributed by atoms with van der Waals surface area (Å²) in [5.41, 5.74) is 3.36. The standard InChI is InChI=1S/C28H28O6P2/c1-17-7-11-25(31-17)35(26-12-8-18(2)32-26)23-15-21(29-5)22(30-6)16-24(23)36(27-13-9-19(3)33-27)28-14-10-20(4)34-28/h7-16H,1-6H3. The SMILES string of the molecule is COc1cc(P(c2ccc(C)o2)c2ccc(C)o2)c(P(c2ccc(C)o2)c2ccc(C)o2)cc1OC. The van der Waals surface area contributed by atoms with E-state index in [9.17, 15) is 0 Å². The first-order chi connectivity index (χ1) is 17.4. The predicted octanol–water partition coefficient (Wildman–Crippen LogP) is 4.83. The lowest BCUT2D eigenvalue weighted by Gasteiger charge is -2.23. The van der Waals surface area contributed by atoms with Crippen molar-refractivity contribution in [2.24, 2.45) is 0 Å². The first-order valence-electron chi connectivity index (χ1n) is 11.5. The minimum absolute atomic E-state index is 0.636. The van der Waals surface area contributed by atoms with E-state index in [-0.39, 0.29) is 0 Å². The third-order valence-electron chi connectivity index (χ3n) is 5.75. The number of methoxy groups -OCH3 is 2. The third-order valence-corrected chi connectivity index (χ3v) is 10.4. The lowest BCUT2D eigenvalue weighted by molar-refractivity contribution is 0.355. The molecule has 8 heteroatoms. The van der Waals surface area contributed by atoms with Crippen molar-refractivity contribution in [3.05, 3.63) is 83.7 Å². The van der Waals surface area contributed by atoms with Gasteiger partial charge >= 0.3 is 0 Å². The number of benzene rings is 1. The summed E-state index contributed by atoms with van der Waals surface area (Å²) in [6, 6.07) is 20.1. The summed E-state index contributed by atoms with van der Waals surface area (Å²) < 4.78 is 36.3. The van der Waals surface area contributed by atoms with Crippen LogP contribution in [0.25, 0.3) is 0 Å². The van der Waals surface area contributed by atoms with Crippen LogP contribution in [0.1, 0.15) is 23.0 Å². The Labute approximate surface area is 212 Å². The van der Waals surface area contributed by atoms with E-state index in [1.165, 1.54) is 0 Å². The van der Waals surface area contributed by atoms with Gasteiger partial charge < -0.3 is 27.1 Å². The molecule has 4 heterocycles. The molecule has 5 aromatic rings. The normalized spacial score (nSPS) is 11.6. The van der Waals surface area contributed by atoms with Gasteiger partial charge in [-0.2, -0.15) is 0 Å². The van der Waals surface area contributed by atoms with E-state index in [0.717, 1.165) is 55.7 Å². The summed E-state index contributed by atoms with van der Waals surface area (Å²) in [4.78, 5) is 0. The Morgan fingerprint density at radius 2 is 0.750 bits per heavy atom. The molecule has 0 atom stereocenters. The van der Waals surface area contributed by atoms with Crippen LogP contribution >= 0.6 is 15.8 Å². The van der Waals surface area contributed by atoms with Crippen LogP contribution in [0.4, 0.5) is 0 Å². The van der Waals surface area contributed by atoms with Crippen LogP contribution in [0.2, 0.25) is 0 Å². The van der Waals surface area contributed by atoms with Gasteiger partial charge in [0.05, 0.1) is 30.1 Å². The molecule has 0 N–H and O–H groups in total. The van der Waals surface area contributed by atoms with Crippen molar-refractivity contribution < 1.29 is 27.1 Å². The molecule has 0 fully saturated rings. The third kappa shape index (κ3) is 4.64. The first kappa shape index (κ1) is 24.5. The Morgan fingerprint density at radius 1 is 0.472 bits per heavy atom. The molecule has 0 aliphatic heterocycles. The van der Waals surface area contributed by atoms with E-state index in [1.807, 2.05) is 88.4 Å². The molecule has 0 saturated heterocycles. The monoisotopic (exact) mass is 522 g/mol. The summed E-state index contributed by atoms with van der Waals surface area (Å²) in [6.07, 6.45) is 0. The highest BCUT2D eigenvalue weighted by atomic mass is 31.1. The fourth-order valence-corrected chi connectivity index (χ4v) is 8.97. The number of furan rings is 4. The maximum Gasteiger partial charge on any atom is 0.161 e. The van der Waals surface area contributed by atoms with Crippen LogP contribution < -0.4 is 42.1 Å². The van der Waals surface area contributed by atoms with Crippen molar-refractivity contribution in [2.75, 3.05) is 14.2 Å². The molecule has 6 nitrogen and oxygen atoms in total. The highest BCUT2D eigenvalue weighted by Gasteiger charge is 2.34. The minimum Gasteiger partial charge on any atom is -0.493 e. The molecule has 0 radical (unpaired) electrons. The summed E-state index contributed by atoms with van der Waals surface area (Å²) >= 11 is 0. The molecule has 0 saturated carbocycles. The Hall–Kier alpha value is -3.20. The number of aryl methyl sites for hydroxylation is 4. The molecule has 0 aliphatic carbocycles. The highest BCUT2D eigenvalue weighted by molar-refractivity contribution is 7.84. The lowest BCUT2D eigenvalue weighted by atomic mass is 10.3. The molecule has 0 amide bonds. The van der Waals surface area contributed by atoms with E-state index in [4.69, 9.17) is 27.1 Å². The van der Waals surface area contributed by atoms with E-state index < -0.39 is 15.8 Å². The fourth-order valence-electron chi connectivity index (χ4n) is 4.08. The van der Waals surface area contributed by atoms with Crippen molar-refractivity contribution in [1.82, 2.24) is 0 Å². The van der Waals surface area contributed by atoms with Gasteiger partial charge in [0.1, 0.15) is 45.0 Å². The highest BCUT2D eigenvalue weighted by Crippen LogP contribution is 2.43. The van der Waals surface area contributed by atoms with Crippen LogP contribution in [0.5, 0.6) is 11.5 Å². The molecule has 0 spiro atoms. The van der Waals surface area contributed by atoms with Crippen LogP contribution in [0.3, 0.4) is 0 Å². The molecule has 0 aliphatic rings. The van der Waals surface area contributed by atoms with Crippen LogP contribution in [-0.4, -0.2) is 14.2 Å². The topological polar surface area (TPSA) is 71.0 Å². The van der Waals surface area contributed by atoms with E-state index >= 15 is 0 Å². The largest absolute Gasteiger partial charge is 0.493 e. The molecule has 0 bridgehead atoms. The van der Waals surface area contributed by atoms with Crippen molar-refractivity contribution in [3.63, 3.8) is 0 Å². The quantitative estimate of drug-likeness (QED) is 0.272. The average molecular weight is 522 g/mol. The lowest BCUT2D eigenvalue weighted by Crippen LogP contribution is -2.34. The minimum atomic E-state index is -1.20. The van der Waals surface area contributed by atoms with Gasteiger partial charge in [0.2, 0.25) is 0 Å². The average Bonchev–Trinajstić information content (AvgIpc) is 3.66. The second-order valence-electron chi connectivity index (χ2n) is 8.40. The number of rotatable bonds is 8. The summed E-state index contributed by atoms with van der Waals surface area (Å²) in [7, 11) is 0.890. The number of ether oxygens (including phenoxy) is 2. The van der Waals surface area contributed by atoms with E-state index in [1.54, 1.807) is 14.2 Å². The smallest absolute Gasteiger partial charge is 0.161 e. The predicted molar refractivity (Wildman–Crippen MR) is 145 cm³/mol. The maximum atomic E-state index is 6.21. The second kappa shape index (κ2) is 10.0. The van der Waals surface area contributed by atoms with Crippen LogP contribution in [0.15, 0.2) is 78.3 Å². The zero-order valence-corrected chi connectivity index (χ0v) is 22.9. The molecule has 1 aromatic carbocycles. The second-order valence-corrected chi connectivity index (χ2v) is 12.5. The maximum absolute atomic E-state index is 6.21. The molecule has 5 rings (SSSR count). The zero-order valence-electron chi connectivity index (χ0n) is 21.1. The van der Waals surface area contributed by atoms with Crippen LogP contribution in [-0.2, 0) is 0 Å². The van der Waals surface area contributed by atoms with Gasteiger partial charge in [-0.1, -0.05) is 0 Å². The Bertz CT molecular complexity index is 1300. The summed E-state index contributed by atoms with van der Waals surface area (Å²) in [5.74, 6) is 4.64.